The highest BCUT2D eigenvalue weighted by Crippen LogP contribution is 2.24. The molecule has 0 spiro atoms. The zero-order valence-corrected chi connectivity index (χ0v) is 11.2. The van der Waals surface area contributed by atoms with Crippen molar-refractivity contribution in [1.82, 2.24) is 14.5 Å². The molecular formula is C9H13N3O9. The van der Waals surface area contributed by atoms with Gasteiger partial charge in [0.25, 0.3) is 0 Å². The molecule has 0 saturated heterocycles. The third-order valence-electron chi connectivity index (χ3n) is 2.41. The molecule has 0 aliphatic rings. The number of carbonyl (C=O) groups is 1. The van der Waals surface area contributed by atoms with E-state index < -0.39 is 35.4 Å². The maximum Gasteiger partial charge on any atom is 0.509 e. The Hall–Kier alpha value is -2.44. The Kier molecular flexibility index (Phi) is 5.02. The Morgan fingerprint density at radius 3 is 1.95 bits per heavy atom. The lowest BCUT2D eigenvalue weighted by atomic mass is 10.4. The van der Waals surface area contributed by atoms with Gasteiger partial charge in [0.15, 0.2) is 0 Å². The summed E-state index contributed by atoms with van der Waals surface area (Å²) in [5, 5.41) is 8.80. The lowest BCUT2D eigenvalue weighted by molar-refractivity contribution is -0.365. The number of hydrogen-bond acceptors (Lipinski definition) is 8. The van der Waals surface area contributed by atoms with Gasteiger partial charge in [0, 0.05) is 21.3 Å². The van der Waals surface area contributed by atoms with Gasteiger partial charge in [-0.3, -0.25) is 9.97 Å². The van der Waals surface area contributed by atoms with Crippen LogP contribution >= 0.6 is 0 Å². The van der Waals surface area contributed by atoms with Crippen molar-refractivity contribution in [3.05, 3.63) is 31.5 Å². The molecule has 0 aromatic carbocycles. The molecule has 1 unspecified atom stereocenters. The van der Waals surface area contributed by atoms with Crippen LogP contribution in [0.25, 0.3) is 0 Å². The molecular weight excluding hydrogens is 294 g/mol. The number of carboxylic acid groups (broad SMARTS) is 1. The molecule has 0 saturated carbocycles. The fourth-order valence-corrected chi connectivity index (χ4v) is 1.66. The number of aromatic nitrogens is 3. The van der Waals surface area contributed by atoms with E-state index in [1.165, 1.54) is 0 Å². The molecule has 0 fully saturated rings. The summed E-state index contributed by atoms with van der Waals surface area (Å²) in [5.74, 6) is -2.61. The Morgan fingerprint density at radius 2 is 1.62 bits per heavy atom. The highest BCUT2D eigenvalue weighted by atomic mass is 16.8. The SMILES string of the molecule is COC(OC)C(OC)(OC(=O)O)n1c(=O)[nH]c(=O)[nH]c1=O. The van der Waals surface area contributed by atoms with Crippen LogP contribution < -0.4 is 17.1 Å². The molecule has 0 aliphatic heterocycles. The Labute approximate surface area is 115 Å². The van der Waals surface area contributed by atoms with Crippen LogP contribution in [0, 0.1) is 0 Å². The van der Waals surface area contributed by atoms with Crippen molar-refractivity contribution in [3.8, 4) is 0 Å². The van der Waals surface area contributed by atoms with Gasteiger partial charge in [0.05, 0.1) is 0 Å². The third-order valence-corrected chi connectivity index (χ3v) is 2.41. The molecule has 0 amide bonds. The zero-order valence-electron chi connectivity index (χ0n) is 11.2. The minimum atomic E-state index is -2.61. The van der Waals surface area contributed by atoms with Crippen LogP contribution in [0.1, 0.15) is 0 Å². The lowest BCUT2D eigenvalue weighted by Gasteiger charge is -2.34. The molecule has 21 heavy (non-hydrogen) atoms. The van der Waals surface area contributed by atoms with Gasteiger partial charge < -0.3 is 24.1 Å². The predicted octanol–water partition coefficient (Wildman–Crippen LogP) is -2.20. The number of hydrogen-bond donors (Lipinski definition) is 3. The quantitative estimate of drug-likeness (QED) is 0.391. The first-order valence-electron chi connectivity index (χ1n) is 5.31. The van der Waals surface area contributed by atoms with Crippen molar-refractivity contribution >= 4 is 6.16 Å². The van der Waals surface area contributed by atoms with Crippen molar-refractivity contribution in [2.24, 2.45) is 0 Å². The number of methoxy groups -OCH3 is 3. The minimum Gasteiger partial charge on any atom is -0.450 e. The summed E-state index contributed by atoms with van der Waals surface area (Å²) in [7, 11) is 3.14. The van der Waals surface area contributed by atoms with E-state index >= 15 is 0 Å². The van der Waals surface area contributed by atoms with Crippen LogP contribution in [-0.4, -0.2) is 53.4 Å². The summed E-state index contributed by atoms with van der Waals surface area (Å²) in [5.41, 5.74) is -3.66. The van der Waals surface area contributed by atoms with E-state index in [0.717, 1.165) is 21.3 Å². The van der Waals surface area contributed by atoms with E-state index in [-0.39, 0.29) is 4.57 Å². The first-order valence-corrected chi connectivity index (χ1v) is 5.31. The van der Waals surface area contributed by atoms with Gasteiger partial charge in [-0.15, -0.1) is 0 Å². The smallest absolute Gasteiger partial charge is 0.450 e. The van der Waals surface area contributed by atoms with Crippen LogP contribution in [-0.2, 0) is 24.9 Å². The van der Waals surface area contributed by atoms with Crippen molar-refractivity contribution in [2.75, 3.05) is 21.3 Å². The summed E-state index contributed by atoms with van der Waals surface area (Å²) in [6.45, 7) is 0. The van der Waals surface area contributed by atoms with Crippen molar-refractivity contribution in [2.45, 2.75) is 12.2 Å². The highest BCUT2D eigenvalue weighted by molar-refractivity contribution is 5.57. The van der Waals surface area contributed by atoms with E-state index in [0.29, 0.717) is 0 Å². The summed E-state index contributed by atoms with van der Waals surface area (Å²) in [4.78, 5) is 49.0. The van der Waals surface area contributed by atoms with Crippen LogP contribution in [0.15, 0.2) is 14.4 Å². The van der Waals surface area contributed by atoms with Crippen molar-refractivity contribution in [3.63, 3.8) is 0 Å². The molecule has 12 nitrogen and oxygen atoms in total. The average Bonchev–Trinajstić information content (AvgIpc) is 2.37. The van der Waals surface area contributed by atoms with Crippen LogP contribution in [0.5, 0.6) is 0 Å². The average molecular weight is 307 g/mol. The van der Waals surface area contributed by atoms with Crippen LogP contribution in [0.4, 0.5) is 4.79 Å². The molecule has 1 aromatic rings. The van der Waals surface area contributed by atoms with E-state index in [1.54, 1.807) is 9.97 Å². The molecule has 12 heteroatoms. The fraction of sp³-hybridized carbons (Fsp3) is 0.556. The second kappa shape index (κ2) is 6.34. The fourth-order valence-electron chi connectivity index (χ4n) is 1.66. The molecule has 1 atom stereocenters. The van der Waals surface area contributed by atoms with Gasteiger partial charge in [-0.2, -0.15) is 4.57 Å². The van der Waals surface area contributed by atoms with Gasteiger partial charge >= 0.3 is 29.1 Å². The van der Waals surface area contributed by atoms with Crippen molar-refractivity contribution < 1.29 is 28.8 Å². The first kappa shape index (κ1) is 16.6. The van der Waals surface area contributed by atoms with Crippen LogP contribution in [0.2, 0.25) is 0 Å². The molecule has 1 heterocycles. The maximum absolute atomic E-state index is 11.8. The van der Waals surface area contributed by atoms with Gasteiger partial charge in [0.1, 0.15) is 0 Å². The number of H-pyrrole nitrogens is 2. The molecule has 118 valence electrons. The third kappa shape index (κ3) is 3.01. The largest absolute Gasteiger partial charge is 0.509 e. The van der Waals surface area contributed by atoms with E-state index in [9.17, 15) is 19.2 Å². The van der Waals surface area contributed by atoms with Gasteiger partial charge in [-0.25, -0.2) is 19.2 Å². The van der Waals surface area contributed by atoms with Crippen LogP contribution in [0.3, 0.4) is 0 Å². The normalized spacial score (nSPS) is 13.9. The Balaban J connectivity index is 3.72. The zero-order chi connectivity index (χ0) is 16.2. The van der Waals surface area contributed by atoms with Gasteiger partial charge in [0.2, 0.25) is 6.29 Å². The molecule has 0 radical (unpaired) electrons. The number of nitrogens with one attached hydrogen (secondary N) is 2. The predicted molar refractivity (Wildman–Crippen MR) is 63.8 cm³/mol. The molecule has 1 rings (SSSR count). The minimum absolute atomic E-state index is 0.167. The Bertz CT molecular complexity index is 636. The monoisotopic (exact) mass is 307 g/mol. The van der Waals surface area contributed by atoms with E-state index in [2.05, 4.69) is 4.74 Å². The second-order valence-corrected chi connectivity index (χ2v) is 3.53. The molecule has 3 N–H and O–H groups in total. The number of rotatable bonds is 6. The summed E-state index contributed by atoms with van der Waals surface area (Å²) in [6, 6.07) is 0. The van der Waals surface area contributed by atoms with E-state index in [4.69, 9.17) is 19.3 Å². The summed E-state index contributed by atoms with van der Waals surface area (Å²) >= 11 is 0. The maximum atomic E-state index is 11.8. The van der Waals surface area contributed by atoms with Gasteiger partial charge in [-0.1, -0.05) is 0 Å². The number of nitrogens with zero attached hydrogens (tertiary/aromatic N) is 1. The molecule has 1 aromatic heterocycles. The second-order valence-electron chi connectivity index (χ2n) is 3.53. The number of ether oxygens (including phenoxy) is 4. The molecule has 0 aliphatic carbocycles. The lowest BCUT2D eigenvalue weighted by Crippen LogP contribution is -2.62. The Morgan fingerprint density at radius 1 is 1.14 bits per heavy atom. The standard InChI is InChI=1S/C9H13N3O9/c1-18-4(19-2)9(20-3,21-8(16)17)12-6(14)10-5(13)11-7(12)15/h4H,1-3H3,(H,16,17)(H2,10,11,13,14,15). The van der Waals surface area contributed by atoms with Crippen molar-refractivity contribution in [1.29, 1.82) is 0 Å². The number of aromatic amines is 2. The first-order chi connectivity index (χ1) is 9.82. The topological polar surface area (TPSA) is 162 Å². The van der Waals surface area contributed by atoms with E-state index in [1.807, 2.05) is 0 Å². The summed E-state index contributed by atoms with van der Waals surface area (Å²) in [6.07, 6.45) is -3.50. The summed E-state index contributed by atoms with van der Waals surface area (Å²) < 4.78 is 19.1. The van der Waals surface area contributed by atoms with Gasteiger partial charge in [-0.05, 0) is 0 Å². The molecule has 0 bridgehead atoms. The highest BCUT2D eigenvalue weighted by Gasteiger charge is 2.50.